The Morgan fingerprint density at radius 1 is 0.219 bits per heavy atom. The van der Waals surface area contributed by atoms with Crippen molar-refractivity contribution in [3.8, 4) is 83.6 Å². The summed E-state index contributed by atoms with van der Waals surface area (Å²) in [6.07, 6.45) is 0. The standard InChI is InChI=1S/C92H60BN3/c1-7-26-61(27-8-1)69-49-53-84-81(57-69)93-82-58-70(62-28-9-2-10-29-62)50-54-85(82)96(92-78(66-34-15-5-16-35-66)46-25-47-79(92)67-36-17-6-18-37-67)88-60-72(59-87(90(88)93)95(84)91-76(64-30-11-3-12-31-64)44-24-45-77(91)65-32-13-4-14-33-65)94-83-52-51-71(74-43-23-40-63-38-19-21-41-73(63)74)56-80(83)89-75-42-22-20-39-68(75)48-55-86(89)94/h1-60H. The van der Waals surface area contributed by atoms with Gasteiger partial charge in [0.2, 0.25) is 0 Å². The van der Waals surface area contributed by atoms with E-state index in [0.717, 1.165) is 95.4 Å². The minimum atomic E-state index is -0.243. The van der Waals surface area contributed by atoms with Crippen molar-refractivity contribution in [1.29, 1.82) is 0 Å². The fourth-order valence-corrected chi connectivity index (χ4v) is 15.9. The normalized spacial score (nSPS) is 12.3. The van der Waals surface area contributed by atoms with Gasteiger partial charge in [0.15, 0.2) is 0 Å². The van der Waals surface area contributed by atoms with E-state index in [-0.39, 0.29) is 6.71 Å². The monoisotopic (exact) mass is 1220 g/mol. The predicted molar refractivity (Wildman–Crippen MR) is 408 cm³/mol. The van der Waals surface area contributed by atoms with Gasteiger partial charge in [-0.3, -0.25) is 0 Å². The first-order chi connectivity index (χ1) is 47.7. The number of hydrogen-bond acceptors (Lipinski definition) is 2. The minimum Gasteiger partial charge on any atom is -0.310 e. The summed E-state index contributed by atoms with van der Waals surface area (Å²) >= 11 is 0. The Morgan fingerprint density at radius 3 is 1.07 bits per heavy atom. The molecule has 19 rings (SSSR count). The third kappa shape index (κ3) is 8.91. The molecule has 3 nitrogen and oxygen atoms in total. The average Bonchev–Trinajstić information content (AvgIpc) is 0.784. The molecule has 3 heterocycles. The molecule has 96 heavy (non-hydrogen) atoms. The van der Waals surface area contributed by atoms with E-state index in [4.69, 9.17) is 0 Å². The largest absolute Gasteiger partial charge is 0.310 e. The lowest BCUT2D eigenvalue weighted by Crippen LogP contribution is -2.61. The van der Waals surface area contributed by atoms with Gasteiger partial charge in [0.05, 0.1) is 28.1 Å². The van der Waals surface area contributed by atoms with Crippen LogP contribution in [-0.2, 0) is 0 Å². The molecule has 0 saturated carbocycles. The van der Waals surface area contributed by atoms with Crippen LogP contribution in [0.1, 0.15) is 0 Å². The first-order valence-electron chi connectivity index (χ1n) is 33.3. The Labute approximate surface area is 559 Å². The molecule has 0 unspecified atom stereocenters. The molecule has 4 heteroatoms. The van der Waals surface area contributed by atoms with Gasteiger partial charge in [-0.15, -0.1) is 0 Å². The lowest BCUT2D eigenvalue weighted by Gasteiger charge is -2.46. The van der Waals surface area contributed by atoms with E-state index in [1.165, 1.54) is 82.1 Å². The third-order valence-corrected chi connectivity index (χ3v) is 20.1. The molecule has 0 saturated heterocycles. The quantitative estimate of drug-likeness (QED) is 0.126. The molecule has 2 aliphatic rings. The zero-order valence-corrected chi connectivity index (χ0v) is 52.6. The highest BCUT2D eigenvalue weighted by atomic mass is 15.2. The van der Waals surface area contributed by atoms with E-state index in [2.05, 4.69) is 378 Å². The number of fused-ring (bicyclic) bond motifs is 10. The van der Waals surface area contributed by atoms with Crippen LogP contribution in [0.15, 0.2) is 364 Å². The third-order valence-electron chi connectivity index (χ3n) is 20.1. The second-order valence-electron chi connectivity index (χ2n) is 25.4. The summed E-state index contributed by atoms with van der Waals surface area (Å²) in [6.45, 7) is -0.243. The molecule has 446 valence electrons. The van der Waals surface area contributed by atoms with E-state index in [1.807, 2.05) is 0 Å². The molecule has 1 aromatic heterocycles. The molecular weight excluding hydrogens is 1160 g/mol. The topological polar surface area (TPSA) is 11.4 Å². The van der Waals surface area contributed by atoms with Crippen molar-refractivity contribution >= 4 is 101 Å². The SMILES string of the molecule is c1ccc(-c2ccc3c(c2)B2c4cc(-c5ccccc5)ccc4N(c4c(-c5ccccc5)cccc4-c4ccccc4)c4cc(-n5c6ccc(-c7cccc8ccccc78)cc6c6c7ccccc7ccc65)cc(c42)N3c2c(-c3ccccc3)cccc2-c2ccccc2)cc1. The van der Waals surface area contributed by atoms with Crippen LogP contribution in [-0.4, -0.2) is 11.3 Å². The van der Waals surface area contributed by atoms with Crippen molar-refractivity contribution in [1.82, 2.24) is 4.57 Å². The van der Waals surface area contributed by atoms with Gasteiger partial charge in [0.25, 0.3) is 6.71 Å². The van der Waals surface area contributed by atoms with Gasteiger partial charge < -0.3 is 14.4 Å². The Kier molecular flexibility index (Phi) is 13.0. The summed E-state index contributed by atoms with van der Waals surface area (Å²) in [4.78, 5) is 5.34. The smallest absolute Gasteiger partial charge is 0.252 e. The molecule has 0 amide bonds. The number of nitrogens with zero attached hydrogens (tertiary/aromatic N) is 3. The predicted octanol–water partition coefficient (Wildman–Crippen LogP) is 22.8. The number of benzene rings is 16. The van der Waals surface area contributed by atoms with Crippen molar-refractivity contribution in [2.24, 2.45) is 0 Å². The van der Waals surface area contributed by atoms with Crippen LogP contribution in [0.5, 0.6) is 0 Å². The van der Waals surface area contributed by atoms with E-state index >= 15 is 0 Å². The number of rotatable bonds is 10. The maximum absolute atomic E-state index is 2.67. The Hall–Kier alpha value is -12.5. The molecule has 0 fully saturated rings. The summed E-state index contributed by atoms with van der Waals surface area (Å²) < 4.78 is 2.58. The highest BCUT2D eigenvalue weighted by Crippen LogP contribution is 2.54. The Morgan fingerprint density at radius 2 is 0.594 bits per heavy atom. The molecule has 0 atom stereocenters. The zero-order valence-electron chi connectivity index (χ0n) is 52.6. The molecule has 0 aliphatic carbocycles. The lowest BCUT2D eigenvalue weighted by atomic mass is 9.33. The van der Waals surface area contributed by atoms with Gasteiger partial charge in [-0.25, -0.2) is 0 Å². The number of anilines is 6. The van der Waals surface area contributed by atoms with E-state index < -0.39 is 0 Å². The van der Waals surface area contributed by atoms with Crippen molar-refractivity contribution < 1.29 is 0 Å². The zero-order chi connectivity index (χ0) is 63.2. The van der Waals surface area contributed by atoms with Crippen molar-refractivity contribution in [3.63, 3.8) is 0 Å². The summed E-state index contributed by atoms with van der Waals surface area (Å²) in [5, 5.41) is 7.31. The van der Waals surface area contributed by atoms with Crippen LogP contribution in [0.25, 0.3) is 127 Å². The van der Waals surface area contributed by atoms with Crippen LogP contribution in [0, 0.1) is 0 Å². The second-order valence-corrected chi connectivity index (χ2v) is 25.4. The van der Waals surface area contributed by atoms with Crippen molar-refractivity contribution in [2.75, 3.05) is 9.80 Å². The average molecular weight is 1220 g/mol. The first kappa shape index (κ1) is 55.2. The van der Waals surface area contributed by atoms with Gasteiger partial charge >= 0.3 is 0 Å². The minimum absolute atomic E-state index is 0.243. The number of aromatic nitrogens is 1. The lowest BCUT2D eigenvalue weighted by molar-refractivity contribution is 1.16. The fraction of sp³-hybridized carbons (Fsp3) is 0. The van der Waals surface area contributed by atoms with Gasteiger partial charge in [0, 0.05) is 55.8 Å². The summed E-state index contributed by atoms with van der Waals surface area (Å²) in [6, 6.07) is 136. The Bertz CT molecular complexity index is 5520. The first-order valence-corrected chi connectivity index (χ1v) is 33.3. The summed E-state index contributed by atoms with van der Waals surface area (Å²) in [7, 11) is 0. The maximum atomic E-state index is 2.67. The maximum Gasteiger partial charge on any atom is 0.252 e. The van der Waals surface area contributed by atoms with E-state index in [1.54, 1.807) is 0 Å². The molecule has 2 aliphatic heterocycles. The van der Waals surface area contributed by atoms with Crippen LogP contribution in [0.3, 0.4) is 0 Å². The second kappa shape index (κ2) is 22.7. The van der Waals surface area contributed by atoms with Gasteiger partial charge in [-0.2, -0.15) is 0 Å². The molecular formula is C92H60BN3. The number of para-hydroxylation sites is 2. The summed E-state index contributed by atoms with van der Waals surface area (Å²) in [5.41, 5.74) is 29.9. The van der Waals surface area contributed by atoms with E-state index in [9.17, 15) is 0 Å². The van der Waals surface area contributed by atoms with Crippen LogP contribution in [0.4, 0.5) is 34.1 Å². The molecule has 0 spiro atoms. The van der Waals surface area contributed by atoms with Crippen LogP contribution >= 0.6 is 0 Å². The summed E-state index contributed by atoms with van der Waals surface area (Å²) in [5.74, 6) is 0. The molecule has 16 aromatic carbocycles. The highest BCUT2D eigenvalue weighted by Gasteiger charge is 2.46. The molecule has 17 aromatic rings. The van der Waals surface area contributed by atoms with Gasteiger partial charge in [-0.05, 0) is 136 Å². The van der Waals surface area contributed by atoms with Crippen molar-refractivity contribution in [3.05, 3.63) is 364 Å². The van der Waals surface area contributed by atoms with Gasteiger partial charge in [0.1, 0.15) is 0 Å². The Balaban J connectivity index is 1.01. The molecule has 0 bridgehead atoms. The van der Waals surface area contributed by atoms with Crippen LogP contribution < -0.4 is 26.2 Å². The van der Waals surface area contributed by atoms with Gasteiger partial charge in [-0.1, -0.05) is 322 Å². The van der Waals surface area contributed by atoms with E-state index in [0.29, 0.717) is 0 Å². The molecule has 0 N–H and O–H groups in total. The number of hydrogen-bond donors (Lipinski definition) is 0. The highest BCUT2D eigenvalue weighted by molar-refractivity contribution is 7.00. The molecule has 0 radical (unpaired) electrons. The van der Waals surface area contributed by atoms with Crippen LogP contribution in [0.2, 0.25) is 0 Å². The van der Waals surface area contributed by atoms with Crippen molar-refractivity contribution in [2.45, 2.75) is 0 Å². The fourth-order valence-electron chi connectivity index (χ4n) is 15.9.